The molecule has 0 bridgehead atoms. The summed E-state index contributed by atoms with van der Waals surface area (Å²) in [5.74, 6) is 0.163. The fraction of sp³-hybridized carbons (Fsp3) is 0.500. The van der Waals surface area contributed by atoms with E-state index >= 15 is 0 Å². The fourth-order valence-electron chi connectivity index (χ4n) is 2.08. The second kappa shape index (κ2) is 4.71. The van der Waals surface area contributed by atoms with Gasteiger partial charge in [0.15, 0.2) is 0 Å². The number of carbonyl (C=O) groups is 1. The van der Waals surface area contributed by atoms with Crippen molar-refractivity contribution in [2.75, 3.05) is 12.4 Å². The zero-order chi connectivity index (χ0) is 12.3. The summed E-state index contributed by atoms with van der Waals surface area (Å²) in [6.07, 6.45) is 5.89. The Morgan fingerprint density at radius 2 is 2.24 bits per heavy atom. The number of ether oxygens (including phenoxy) is 1. The van der Waals surface area contributed by atoms with Crippen LogP contribution in [0, 0.1) is 0 Å². The van der Waals surface area contributed by atoms with Crippen molar-refractivity contribution in [3.63, 3.8) is 0 Å². The molecule has 5 heteroatoms. The van der Waals surface area contributed by atoms with Crippen molar-refractivity contribution in [3.05, 3.63) is 18.5 Å². The zero-order valence-electron chi connectivity index (χ0n) is 9.77. The number of methoxy groups -OCH3 is 1. The largest absolute Gasteiger partial charge is 0.494 e. The molecule has 0 unspecified atom stereocenters. The van der Waals surface area contributed by atoms with Gasteiger partial charge < -0.3 is 15.2 Å². The number of nitrogens with zero attached hydrogens (tertiary/aromatic N) is 1. The van der Waals surface area contributed by atoms with Crippen LogP contribution in [0.4, 0.5) is 5.69 Å². The smallest absolute Gasteiger partial charge is 0.256 e. The van der Waals surface area contributed by atoms with Gasteiger partial charge >= 0.3 is 0 Å². The van der Waals surface area contributed by atoms with Crippen molar-refractivity contribution < 1.29 is 14.6 Å². The Hall–Kier alpha value is -1.62. The maximum Gasteiger partial charge on any atom is 0.256 e. The van der Waals surface area contributed by atoms with Gasteiger partial charge in [-0.2, -0.15) is 0 Å². The highest BCUT2D eigenvalue weighted by Gasteiger charge is 2.39. The number of pyridine rings is 1. The molecule has 0 saturated heterocycles. The van der Waals surface area contributed by atoms with Crippen LogP contribution in [0.25, 0.3) is 0 Å². The summed E-state index contributed by atoms with van der Waals surface area (Å²) in [7, 11) is 1.52. The number of hydrogen-bond acceptors (Lipinski definition) is 4. The van der Waals surface area contributed by atoms with E-state index in [1.807, 2.05) is 0 Å². The number of hydrogen-bond donors (Lipinski definition) is 2. The highest BCUT2D eigenvalue weighted by molar-refractivity contribution is 5.98. The van der Waals surface area contributed by atoms with Gasteiger partial charge in [0, 0.05) is 12.3 Å². The molecule has 92 valence electrons. The summed E-state index contributed by atoms with van der Waals surface area (Å²) >= 11 is 0. The Kier molecular flexibility index (Phi) is 3.28. The average Bonchev–Trinajstić information content (AvgIpc) is 2.78. The van der Waals surface area contributed by atoms with E-state index in [0.29, 0.717) is 24.3 Å². The molecule has 1 fully saturated rings. The monoisotopic (exact) mass is 236 g/mol. The number of aromatic nitrogens is 1. The van der Waals surface area contributed by atoms with E-state index in [-0.39, 0.29) is 5.91 Å². The Balaban J connectivity index is 2.12. The second-order valence-electron chi connectivity index (χ2n) is 4.27. The van der Waals surface area contributed by atoms with Crippen molar-refractivity contribution in [2.45, 2.75) is 31.3 Å². The molecule has 0 aliphatic heterocycles. The molecule has 1 aliphatic carbocycles. The number of amides is 1. The first-order valence-corrected chi connectivity index (χ1v) is 5.67. The molecule has 1 saturated carbocycles. The molecule has 1 amide bonds. The molecule has 0 aromatic carbocycles. The first-order valence-electron chi connectivity index (χ1n) is 5.67. The van der Waals surface area contributed by atoms with Crippen LogP contribution in [-0.2, 0) is 4.79 Å². The molecule has 0 radical (unpaired) electrons. The predicted molar refractivity (Wildman–Crippen MR) is 62.8 cm³/mol. The molecular weight excluding hydrogens is 220 g/mol. The lowest BCUT2D eigenvalue weighted by Gasteiger charge is -2.21. The van der Waals surface area contributed by atoms with E-state index in [1.54, 1.807) is 12.3 Å². The average molecular weight is 236 g/mol. The van der Waals surface area contributed by atoms with Gasteiger partial charge in [0.2, 0.25) is 0 Å². The number of nitrogens with one attached hydrogen (secondary N) is 1. The molecule has 0 atom stereocenters. The third-order valence-corrected chi connectivity index (χ3v) is 3.10. The Morgan fingerprint density at radius 3 is 2.88 bits per heavy atom. The second-order valence-corrected chi connectivity index (χ2v) is 4.27. The fourth-order valence-corrected chi connectivity index (χ4v) is 2.08. The van der Waals surface area contributed by atoms with Crippen LogP contribution in [-0.4, -0.2) is 28.7 Å². The summed E-state index contributed by atoms with van der Waals surface area (Å²) in [6, 6.07) is 1.66. The minimum absolute atomic E-state index is 0.374. The van der Waals surface area contributed by atoms with E-state index < -0.39 is 5.60 Å². The summed E-state index contributed by atoms with van der Waals surface area (Å²) in [6.45, 7) is 0. The van der Waals surface area contributed by atoms with Gasteiger partial charge in [-0.25, -0.2) is 0 Å². The highest BCUT2D eigenvalue weighted by Crippen LogP contribution is 2.31. The van der Waals surface area contributed by atoms with Crippen LogP contribution >= 0.6 is 0 Å². The van der Waals surface area contributed by atoms with Gasteiger partial charge in [0.05, 0.1) is 13.3 Å². The molecular formula is C12H16N2O3. The zero-order valence-corrected chi connectivity index (χ0v) is 9.77. The molecule has 1 aromatic rings. The van der Waals surface area contributed by atoms with Crippen molar-refractivity contribution in [2.24, 2.45) is 0 Å². The predicted octanol–water partition coefficient (Wildman–Crippen LogP) is 1.33. The summed E-state index contributed by atoms with van der Waals surface area (Å²) in [4.78, 5) is 15.9. The first kappa shape index (κ1) is 11.9. The van der Waals surface area contributed by atoms with Gasteiger partial charge in [-0.05, 0) is 25.7 Å². The third kappa shape index (κ3) is 2.39. The molecule has 1 aliphatic rings. The van der Waals surface area contributed by atoms with Crippen LogP contribution in [0.1, 0.15) is 25.7 Å². The molecule has 5 nitrogen and oxygen atoms in total. The molecule has 2 rings (SSSR count). The van der Waals surface area contributed by atoms with Crippen LogP contribution in [0.15, 0.2) is 18.5 Å². The van der Waals surface area contributed by atoms with Gasteiger partial charge in [-0.1, -0.05) is 0 Å². The number of carbonyl (C=O) groups excluding carboxylic acids is 1. The number of anilines is 1. The summed E-state index contributed by atoms with van der Waals surface area (Å²) in [5.41, 5.74) is -0.749. The molecule has 1 aromatic heterocycles. The Labute approximate surface area is 99.8 Å². The van der Waals surface area contributed by atoms with Gasteiger partial charge in [-0.3, -0.25) is 9.78 Å². The normalized spacial score (nSPS) is 17.8. The topological polar surface area (TPSA) is 71.5 Å². The SMILES string of the molecule is COc1ccncc1NC(=O)C1(O)CCCC1. The maximum atomic E-state index is 12.0. The van der Waals surface area contributed by atoms with E-state index in [0.717, 1.165) is 12.8 Å². The number of aliphatic hydroxyl groups is 1. The summed E-state index contributed by atoms with van der Waals surface area (Å²) < 4.78 is 5.11. The van der Waals surface area contributed by atoms with Crippen LogP contribution in [0.2, 0.25) is 0 Å². The van der Waals surface area contributed by atoms with Gasteiger partial charge in [0.25, 0.3) is 5.91 Å². The summed E-state index contributed by atoms with van der Waals surface area (Å²) in [5, 5.41) is 12.8. The standard InChI is InChI=1S/C12H16N2O3/c1-17-10-4-7-13-8-9(10)14-11(15)12(16)5-2-3-6-12/h4,7-8,16H,2-3,5-6H2,1H3,(H,14,15). The minimum Gasteiger partial charge on any atom is -0.494 e. The van der Waals surface area contributed by atoms with Crippen LogP contribution in [0.5, 0.6) is 5.75 Å². The van der Waals surface area contributed by atoms with Crippen molar-refractivity contribution in [1.29, 1.82) is 0 Å². The lowest BCUT2D eigenvalue weighted by Crippen LogP contribution is -2.40. The van der Waals surface area contributed by atoms with E-state index in [2.05, 4.69) is 10.3 Å². The molecule has 0 spiro atoms. The molecule has 1 heterocycles. The lowest BCUT2D eigenvalue weighted by molar-refractivity contribution is -0.133. The third-order valence-electron chi connectivity index (χ3n) is 3.10. The van der Waals surface area contributed by atoms with E-state index in [1.165, 1.54) is 13.3 Å². The van der Waals surface area contributed by atoms with Gasteiger partial charge in [0.1, 0.15) is 17.0 Å². The van der Waals surface area contributed by atoms with Crippen molar-refractivity contribution >= 4 is 11.6 Å². The van der Waals surface area contributed by atoms with E-state index in [9.17, 15) is 9.90 Å². The lowest BCUT2D eigenvalue weighted by atomic mass is 10.0. The van der Waals surface area contributed by atoms with Crippen LogP contribution in [0.3, 0.4) is 0 Å². The minimum atomic E-state index is -1.24. The van der Waals surface area contributed by atoms with E-state index in [4.69, 9.17) is 4.74 Å². The van der Waals surface area contributed by atoms with Crippen LogP contribution < -0.4 is 10.1 Å². The molecule has 17 heavy (non-hydrogen) atoms. The quantitative estimate of drug-likeness (QED) is 0.830. The Morgan fingerprint density at radius 1 is 1.53 bits per heavy atom. The number of rotatable bonds is 3. The Bertz CT molecular complexity index is 414. The first-order chi connectivity index (χ1) is 8.15. The highest BCUT2D eigenvalue weighted by atomic mass is 16.5. The molecule has 2 N–H and O–H groups in total. The van der Waals surface area contributed by atoms with Crippen molar-refractivity contribution in [3.8, 4) is 5.75 Å². The van der Waals surface area contributed by atoms with Crippen molar-refractivity contribution in [1.82, 2.24) is 4.98 Å². The van der Waals surface area contributed by atoms with Gasteiger partial charge in [-0.15, -0.1) is 0 Å². The maximum absolute atomic E-state index is 12.0.